The Morgan fingerprint density at radius 2 is 2.12 bits per heavy atom. The third-order valence-corrected chi connectivity index (χ3v) is 2.17. The first-order chi connectivity index (χ1) is 7.58. The van der Waals surface area contributed by atoms with Crippen molar-refractivity contribution in [3.8, 4) is 5.75 Å². The Kier molecular flexibility index (Phi) is 4.05. The standard InChI is InChI=1S/C12H14O4/c1-8(16-9(2)14)11-5-4-10(7-13)6-12(11)15-3/h4-8H,1-3H3. The SMILES string of the molecule is COc1cc(C=O)ccc1C(C)OC(C)=O. The summed E-state index contributed by atoms with van der Waals surface area (Å²) in [5.41, 5.74) is 1.26. The summed E-state index contributed by atoms with van der Waals surface area (Å²) < 4.78 is 10.2. The minimum atomic E-state index is -0.395. The molecule has 86 valence electrons. The highest BCUT2D eigenvalue weighted by atomic mass is 16.5. The van der Waals surface area contributed by atoms with E-state index >= 15 is 0 Å². The number of hydrogen-bond donors (Lipinski definition) is 0. The molecule has 4 heteroatoms. The van der Waals surface area contributed by atoms with Crippen molar-refractivity contribution in [1.29, 1.82) is 0 Å². The third kappa shape index (κ3) is 2.82. The van der Waals surface area contributed by atoms with Gasteiger partial charge in [-0.15, -0.1) is 0 Å². The van der Waals surface area contributed by atoms with Crippen LogP contribution >= 0.6 is 0 Å². The molecule has 0 aromatic heterocycles. The highest BCUT2D eigenvalue weighted by Gasteiger charge is 2.14. The molecule has 16 heavy (non-hydrogen) atoms. The molecule has 0 spiro atoms. The van der Waals surface area contributed by atoms with Crippen LogP contribution in [0.5, 0.6) is 5.75 Å². The fourth-order valence-corrected chi connectivity index (χ4v) is 1.45. The molecule has 0 N–H and O–H groups in total. The molecule has 1 atom stereocenters. The first kappa shape index (κ1) is 12.2. The summed E-state index contributed by atoms with van der Waals surface area (Å²) in [6.07, 6.45) is 0.344. The lowest BCUT2D eigenvalue weighted by molar-refractivity contribution is -0.145. The summed E-state index contributed by atoms with van der Waals surface area (Å²) in [6, 6.07) is 4.99. The molecule has 0 fully saturated rings. The number of benzene rings is 1. The van der Waals surface area contributed by atoms with Gasteiger partial charge in [-0.05, 0) is 13.0 Å². The Morgan fingerprint density at radius 1 is 1.44 bits per heavy atom. The largest absolute Gasteiger partial charge is 0.496 e. The van der Waals surface area contributed by atoms with E-state index < -0.39 is 6.10 Å². The minimum Gasteiger partial charge on any atom is -0.496 e. The van der Waals surface area contributed by atoms with Crippen LogP contribution in [0.25, 0.3) is 0 Å². The van der Waals surface area contributed by atoms with E-state index in [2.05, 4.69) is 0 Å². The molecule has 0 amide bonds. The van der Waals surface area contributed by atoms with E-state index in [1.165, 1.54) is 14.0 Å². The molecule has 1 rings (SSSR count). The van der Waals surface area contributed by atoms with Crippen LogP contribution in [0.4, 0.5) is 0 Å². The van der Waals surface area contributed by atoms with Crippen LogP contribution in [-0.4, -0.2) is 19.4 Å². The highest BCUT2D eigenvalue weighted by molar-refractivity contribution is 5.76. The first-order valence-corrected chi connectivity index (χ1v) is 4.88. The second-order valence-electron chi connectivity index (χ2n) is 3.37. The molecular formula is C12H14O4. The Labute approximate surface area is 94.2 Å². The lowest BCUT2D eigenvalue weighted by atomic mass is 10.1. The summed E-state index contributed by atoms with van der Waals surface area (Å²) in [6.45, 7) is 3.10. The van der Waals surface area contributed by atoms with E-state index in [1.54, 1.807) is 25.1 Å². The topological polar surface area (TPSA) is 52.6 Å². The predicted octanol–water partition coefficient (Wildman–Crippen LogP) is 2.13. The smallest absolute Gasteiger partial charge is 0.303 e. The quantitative estimate of drug-likeness (QED) is 0.578. The van der Waals surface area contributed by atoms with Gasteiger partial charge in [0.2, 0.25) is 0 Å². The second-order valence-corrected chi connectivity index (χ2v) is 3.37. The summed E-state index contributed by atoms with van der Waals surface area (Å²) in [5, 5.41) is 0. The Morgan fingerprint density at radius 3 is 2.62 bits per heavy atom. The van der Waals surface area contributed by atoms with Crippen molar-refractivity contribution in [2.75, 3.05) is 7.11 Å². The normalized spacial score (nSPS) is 11.7. The number of esters is 1. The molecule has 0 aliphatic heterocycles. The van der Waals surface area contributed by atoms with Crippen LogP contribution < -0.4 is 4.74 Å². The van der Waals surface area contributed by atoms with Gasteiger partial charge in [0.25, 0.3) is 0 Å². The number of aldehydes is 1. The maximum Gasteiger partial charge on any atom is 0.303 e. The number of carbonyl (C=O) groups is 2. The summed E-state index contributed by atoms with van der Waals surface area (Å²) >= 11 is 0. The molecular weight excluding hydrogens is 208 g/mol. The summed E-state index contributed by atoms with van der Waals surface area (Å²) in [5.74, 6) is 0.187. The van der Waals surface area contributed by atoms with Gasteiger partial charge in [0.05, 0.1) is 7.11 Å². The Hall–Kier alpha value is -1.84. The van der Waals surface area contributed by atoms with Gasteiger partial charge in [0.15, 0.2) is 0 Å². The van der Waals surface area contributed by atoms with Crippen molar-refractivity contribution < 1.29 is 19.1 Å². The highest BCUT2D eigenvalue weighted by Crippen LogP contribution is 2.28. The lowest BCUT2D eigenvalue weighted by Gasteiger charge is -2.15. The molecule has 0 bridgehead atoms. The van der Waals surface area contributed by atoms with Crippen LogP contribution in [0.3, 0.4) is 0 Å². The van der Waals surface area contributed by atoms with E-state index in [-0.39, 0.29) is 5.97 Å². The molecule has 0 aliphatic carbocycles. The number of carbonyl (C=O) groups excluding carboxylic acids is 2. The summed E-state index contributed by atoms with van der Waals surface area (Å²) in [4.78, 5) is 21.4. The minimum absolute atomic E-state index is 0.353. The van der Waals surface area contributed by atoms with Gasteiger partial charge in [-0.25, -0.2) is 0 Å². The second kappa shape index (κ2) is 5.30. The van der Waals surface area contributed by atoms with Crippen LogP contribution in [-0.2, 0) is 9.53 Å². The van der Waals surface area contributed by atoms with Crippen molar-refractivity contribution in [3.05, 3.63) is 29.3 Å². The van der Waals surface area contributed by atoms with E-state index in [4.69, 9.17) is 9.47 Å². The van der Waals surface area contributed by atoms with Crippen molar-refractivity contribution >= 4 is 12.3 Å². The lowest BCUT2D eigenvalue weighted by Crippen LogP contribution is -2.06. The number of ether oxygens (including phenoxy) is 2. The van der Waals surface area contributed by atoms with Crippen LogP contribution in [0.15, 0.2) is 18.2 Å². The van der Waals surface area contributed by atoms with E-state index in [1.807, 2.05) is 0 Å². The van der Waals surface area contributed by atoms with Gasteiger partial charge in [-0.3, -0.25) is 9.59 Å². The average molecular weight is 222 g/mol. The first-order valence-electron chi connectivity index (χ1n) is 4.88. The average Bonchev–Trinajstić information content (AvgIpc) is 2.27. The zero-order valence-corrected chi connectivity index (χ0v) is 9.52. The number of methoxy groups -OCH3 is 1. The predicted molar refractivity (Wildman–Crippen MR) is 58.6 cm³/mol. The van der Waals surface area contributed by atoms with Crippen molar-refractivity contribution in [1.82, 2.24) is 0 Å². The fourth-order valence-electron chi connectivity index (χ4n) is 1.45. The van der Waals surface area contributed by atoms with Gasteiger partial charge in [0.1, 0.15) is 18.1 Å². The molecule has 1 aromatic rings. The van der Waals surface area contributed by atoms with E-state index in [0.717, 1.165) is 11.8 Å². The molecule has 0 saturated heterocycles. The third-order valence-electron chi connectivity index (χ3n) is 2.17. The van der Waals surface area contributed by atoms with Crippen LogP contribution in [0.1, 0.15) is 35.9 Å². The molecule has 0 saturated carbocycles. The molecule has 0 radical (unpaired) electrons. The molecule has 0 heterocycles. The Bertz CT molecular complexity index is 398. The van der Waals surface area contributed by atoms with Crippen LogP contribution in [0, 0.1) is 0 Å². The van der Waals surface area contributed by atoms with Gasteiger partial charge in [-0.2, -0.15) is 0 Å². The Balaban J connectivity index is 3.03. The van der Waals surface area contributed by atoms with E-state index in [9.17, 15) is 9.59 Å². The fraction of sp³-hybridized carbons (Fsp3) is 0.333. The van der Waals surface area contributed by atoms with Gasteiger partial charge >= 0.3 is 5.97 Å². The monoisotopic (exact) mass is 222 g/mol. The summed E-state index contributed by atoms with van der Waals surface area (Å²) in [7, 11) is 1.51. The van der Waals surface area contributed by atoms with Gasteiger partial charge < -0.3 is 9.47 Å². The molecule has 4 nitrogen and oxygen atoms in total. The van der Waals surface area contributed by atoms with Crippen molar-refractivity contribution in [2.45, 2.75) is 20.0 Å². The van der Waals surface area contributed by atoms with Gasteiger partial charge in [0, 0.05) is 18.1 Å². The number of hydrogen-bond acceptors (Lipinski definition) is 4. The molecule has 1 unspecified atom stereocenters. The van der Waals surface area contributed by atoms with Crippen molar-refractivity contribution in [3.63, 3.8) is 0 Å². The van der Waals surface area contributed by atoms with Crippen molar-refractivity contribution in [2.24, 2.45) is 0 Å². The maximum atomic E-state index is 10.8. The molecule has 1 aromatic carbocycles. The van der Waals surface area contributed by atoms with E-state index in [0.29, 0.717) is 11.3 Å². The van der Waals surface area contributed by atoms with Gasteiger partial charge in [-0.1, -0.05) is 12.1 Å². The molecule has 0 aliphatic rings. The zero-order chi connectivity index (χ0) is 12.1. The van der Waals surface area contributed by atoms with Crippen LogP contribution in [0.2, 0.25) is 0 Å². The zero-order valence-electron chi connectivity index (χ0n) is 9.52. The number of rotatable bonds is 4. The maximum absolute atomic E-state index is 10.8.